The molecule has 1 unspecified atom stereocenters. The van der Waals surface area contributed by atoms with Crippen molar-refractivity contribution in [1.29, 1.82) is 0 Å². The molecule has 8 heteroatoms. The van der Waals surface area contributed by atoms with Gasteiger partial charge in [-0.3, -0.25) is 9.59 Å². The van der Waals surface area contributed by atoms with Crippen LogP contribution in [0.2, 0.25) is 0 Å². The molecule has 1 atom stereocenters. The van der Waals surface area contributed by atoms with Gasteiger partial charge in [0, 0.05) is 8.95 Å². The lowest BCUT2D eigenvalue weighted by molar-refractivity contribution is -0.140. The summed E-state index contributed by atoms with van der Waals surface area (Å²) < 4.78 is 1.18. The normalized spacial score (nSPS) is 11.7. The molecule has 0 aliphatic carbocycles. The van der Waals surface area contributed by atoms with Gasteiger partial charge in [-0.1, -0.05) is 15.9 Å². The van der Waals surface area contributed by atoms with Gasteiger partial charge in [0.15, 0.2) is 0 Å². The molecule has 0 saturated carbocycles. The zero-order valence-corrected chi connectivity index (χ0v) is 12.7. The number of amides is 2. The number of carbonyl (C=O) groups is 3. The van der Waals surface area contributed by atoms with E-state index in [1.165, 1.54) is 6.07 Å². The summed E-state index contributed by atoms with van der Waals surface area (Å²) in [6, 6.07) is 3.54. The van der Waals surface area contributed by atoms with Crippen LogP contribution in [0.3, 0.4) is 0 Å². The zero-order chi connectivity index (χ0) is 14.6. The number of primary amides is 1. The molecule has 6 nitrogen and oxygen atoms in total. The number of rotatable bonds is 5. The van der Waals surface area contributed by atoms with Crippen LogP contribution < -0.4 is 11.1 Å². The summed E-state index contributed by atoms with van der Waals surface area (Å²) in [4.78, 5) is 33.6. The number of hydrogen-bond donors (Lipinski definition) is 3. The van der Waals surface area contributed by atoms with Gasteiger partial charge >= 0.3 is 5.97 Å². The summed E-state index contributed by atoms with van der Waals surface area (Å²) in [6.07, 6.45) is -0.466. The lowest BCUT2D eigenvalue weighted by atomic mass is 10.1. The van der Waals surface area contributed by atoms with Crippen LogP contribution in [-0.2, 0) is 9.59 Å². The van der Waals surface area contributed by atoms with E-state index in [9.17, 15) is 14.4 Å². The highest BCUT2D eigenvalue weighted by Crippen LogP contribution is 2.21. The third kappa shape index (κ3) is 4.64. The molecule has 0 radical (unpaired) electrons. The monoisotopic (exact) mass is 392 g/mol. The Morgan fingerprint density at radius 1 is 1.32 bits per heavy atom. The zero-order valence-electron chi connectivity index (χ0n) is 9.52. The van der Waals surface area contributed by atoms with E-state index in [0.29, 0.717) is 8.95 Å². The van der Waals surface area contributed by atoms with E-state index in [0.717, 1.165) is 0 Å². The second kappa shape index (κ2) is 6.67. The maximum Gasteiger partial charge on any atom is 0.326 e. The van der Waals surface area contributed by atoms with Gasteiger partial charge in [-0.05, 0) is 34.1 Å². The highest BCUT2D eigenvalue weighted by molar-refractivity contribution is 9.11. The molecule has 102 valence electrons. The summed E-state index contributed by atoms with van der Waals surface area (Å²) in [5.41, 5.74) is 5.18. The summed E-state index contributed by atoms with van der Waals surface area (Å²) in [6.45, 7) is 0. The smallest absolute Gasteiger partial charge is 0.326 e. The van der Waals surface area contributed by atoms with Gasteiger partial charge in [0.25, 0.3) is 5.91 Å². The van der Waals surface area contributed by atoms with Crippen molar-refractivity contribution < 1.29 is 19.5 Å². The highest BCUT2D eigenvalue weighted by Gasteiger charge is 2.23. The van der Waals surface area contributed by atoms with Crippen molar-refractivity contribution in [3.8, 4) is 0 Å². The number of halogens is 2. The first-order valence-electron chi connectivity index (χ1n) is 5.08. The average molecular weight is 394 g/mol. The summed E-state index contributed by atoms with van der Waals surface area (Å²) >= 11 is 6.40. The van der Waals surface area contributed by atoms with Gasteiger partial charge in [-0.2, -0.15) is 0 Å². The van der Waals surface area contributed by atoms with Gasteiger partial charge in [-0.25, -0.2) is 4.79 Å². The fraction of sp³-hybridized carbons (Fsp3) is 0.182. The van der Waals surface area contributed by atoms with Crippen molar-refractivity contribution in [2.45, 2.75) is 12.5 Å². The summed E-state index contributed by atoms with van der Waals surface area (Å²) in [5, 5.41) is 11.1. The number of benzene rings is 1. The van der Waals surface area contributed by atoms with Crippen molar-refractivity contribution in [2.75, 3.05) is 0 Å². The fourth-order valence-corrected chi connectivity index (χ4v) is 2.10. The number of carboxylic acids is 1. The van der Waals surface area contributed by atoms with Gasteiger partial charge < -0.3 is 16.2 Å². The average Bonchev–Trinajstić information content (AvgIpc) is 2.30. The molecule has 1 rings (SSSR count). The van der Waals surface area contributed by atoms with Crippen LogP contribution >= 0.6 is 31.9 Å². The molecule has 0 spiro atoms. The number of aliphatic carboxylic acids is 1. The molecular formula is C11H10Br2N2O4. The van der Waals surface area contributed by atoms with Crippen LogP contribution in [0.5, 0.6) is 0 Å². The first-order valence-corrected chi connectivity index (χ1v) is 6.67. The van der Waals surface area contributed by atoms with Crippen LogP contribution in [0.4, 0.5) is 0 Å². The fourth-order valence-electron chi connectivity index (χ4n) is 1.31. The van der Waals surface area contributed by atoms with Gasteiger partial charge in [-0.15, -0.1) is 0 Å². The minimum absolute atomic E-state index is 0.255. The molecule has 0 heterocycles. The Balaban J connectivity index is 2.90. The Labute approximate surface area is 125 Å². The Morgan fingerprint density at radius 3 is 2.47 bits per heavy atom. The molecule has 19 heavy (non-hydrogen) atoms. The Hall–Kier alpha value is -1.41. The summed E-state index contributed by atoms with van der Waals surface area (Å²) in [5.74, 6) is -2.74. The standard InChI is InChI=1S/C11H10Br2N2O4/c12-5-1-2-7(13)6(3-5)10(17)15-8(11(18)19)4-9(14)16/h1-3,8H,4H2,(H2,14,16)(H,15,17)(H,18,19). The molecule has 1 aromatic rings. The first-order chi connectivity index (χ1) is 8.81. The third-order valence-electron chi connectivity index (χ3n) is 2.18. The Kier molecular flexibility index (Phi) is 5.49. The summed E-state index contributed by atoms with van der Waals surface area (Å²) in [7, 11) is 0. The number of hydrogen-bond acceptors (Lipinski definition) is 3. The molecule has 0 fully saturated rings. The molecular weight excluding hydrogens is 384 g/mol. The van der Waals surface area contributed by atoms with Gasteiger partial charge in [0.2, 0.25) is 5.91 Å². The molecule has 1 aromatic carbocycles. The maximum absolute atomic E-state index is 11.9. The molecule has 0 bridgehead atoms. The van der Waals surface area contributed by atoms with Crippen molar-refractivity contribution in [3.63, 3.8) is 0 Å². The molecule has 4 N–H and O–H groups in total. The van der Waals surface area contributed by atoms with E-state index in [1.54, 1.807) is 12.1 Å². The predicted octanol–water partition coefficient (Wildman–Crippen LogP) is 1.27. The van der Waals surface area contributed by atoms with Crippen LogP contribution in [0.15, 0.2) is 27.1 Å². The van der Waals surface area contributed by atoms with Crippen molar-refractivity contribution in [2.24, 2.45) is 5.73 Å². The van der Waals surface area contributed by atoms with E-state index in [2.05, 4.69) is 37.2 Å². The second-order valence-corrected chi connectivity index (χ2v) is 5.43. The maximum atomic E-state index is 11.9. The van der Waals surface area contributed by atoms with E-state index in [-0.39, 0.29) is 5.56 Å². The van der Waals surface area contributed by atoms with E-state index < -0.39 is 30.2 Å². The Bertz CT molecular complexity index is 533. The quantitative estimate of drug-likeness (QED) is 0.699. The molecule has 0 aliphatic rings. The molecule has 0 saturated heterocycles. The minimum atomic E-state index is -1.35. The molecule has 0 aliphatic heterocycles. The van der Waals surface area contributed by atoms with Gasteiger partial charge in [0.05, 0.1) is 12.0 Å². The van der Waals surface area contributed by atoms with Crippen molar-refractivity contribution >= 4 is 49.6 Å². The number of nitrogens with one attached hydrogen (secondary N) is 1. The largest absolute Gasteiger partial charge is 0.480 e. The number of carbonyl (C=O) groups excluding carboxylic acids is 2. The SMILES string of the molecule is NC(=O)CC(NC(=O)c1cc(Br)ccc1Br)C(=O)O. The highest BCUT2D eigenvalue weighted by atomic mass is 79.9. The molecule has 0 aromatic heterocycles. The van der Waals surface area contributed by atoms with Gasteiger partial charge in [0.1, 0.15) is 6.04 Å². The second-order valence-electron chi connectivity index (χ2n) is 3.66. The third-order valence-corrected chi connectivity index (χ3v) is 3.37. The van der Waals surface area contributed by atoms with Crippen LogP contribution in [-0.4, -0.2) is 28.9 Å². The first kappa shape index (κ1) is 15.6. The van der Waals surface area contributed by atoms with Crippen LogP contribution in [0, 0.1) is 0 Å². The lowest BCUT2D eigenvalue weighted by Gasteiger charge is -2.13. The predicted molar refractivity (Wildman–Crippen MR) is 74.5 cm³/mol. The van der Waals surface area contributed by atoms with Crippen molar-refractivity contribution in [3.05, 3.63) is 32.7 Å². The van der Waals surface area contributed by atoms with E-state index in [1.807, 2.05) is 0 Å². The van der Waals surface area contributed by atoms with E-state index in [4.69, 9.17) is 10.8 Å². The van der Waals surface area contributed by atoms with E-state index >= 15 is 0 Å². The minimum Gasteiger partial charge on any atom is -0.480 e. The Morgan fingerprint density at radius 2 is 1.95 bits per heavy atom. The number of carboxylic acid groups (broad SMARTS) is 1. The number of nitrogens with two attached hydrogens (primary N) is 1. The van der Waals surface area contributed by atoms with Crippen LogP contribution in [0.25, 0.3) is 0 Å². The van der Waals surface area contributed by atoms with Crippen molar-refractivity contribution in [1.82, 2.24) is 5.32 Å². The lowest BCUT2D eigenvalue weighted by Crippen LogP contribution is -2.43. The van der Waals surface area contributed by atoms with Crippen LogP contribution in [0.1, 0.15) is 16.8 Å². The topological polar surface area (TPSA) is 109 Å². The molecule has 2 amide bonds.